The summed E-state index contributed by atoms with van der Waals surface area (Å²) in [5, 5.41) is 0. The van der Waals surface area contributed by atoms with Crippen LogP contribution in [0, 0.1) is 11.8 Å². The largest absolute Gasteiger partial charge is 0.493 e. The third-order valence-corrected chi connectivity index (χ3v) is 5.10. The maximum absolute atomic E-state index is 12.3. The minimum atomic E-state index is -0.575. The van der Waals surface area contributed by atoms with Crippen molar-refractivity contribution in [2.45, 2.75) is 12.8 Å². The van der Waals surface area contributed by atoms with Crippen molar-refractivity contribution < 1.29 is 33.3 Å². The Hall–Kier alpha value is -3.22. The van der Waals surface area contributed by atoms with Crippen LogP contribution in [0.2, 0.25) is 0 Å². The quantitative estimate of drug-likeness (QED) is 0.498. The number of carbonyl (C=O) groups excluding carboxylic acids is 2. The molecule has 3 rings (SSSR count). The predicted molar refractivity (Wildman–Crippen MR) is 105 cm³/mol. The van der Waals surface area contributed by atoms with E-state index in [0.717, 1.165) is 11.1 Å². The summed E-state index contributed by atoms with van der Waals surface area (Å²) >= 11 is 0. The Bertz CT molecular complexity index is 833. The lowest BCUT2D eigenvalue weighted by molar-refractivity contribution is -0.153. The van der Waals surface area contributed by atoms with Gasteiger partial charge < -0.3 is 23.7 Å². The van der Waals surface area contributed by atoms with Crippen molar-refractivity contribution in [1.82, 2.24) is 0 Å². The molecule has 1 saturated heterocycles. The van der Waals surface area contributed by atoms with Crippen LogP contribution in [0.25, 0.3) is 0 Å². The molecule has 0 bridgehead atoms. The monoisotopic (exact) mass is 400 g/mol. The van der Waals surface area contributed by atoms with Gasteiger partial charge in [0.05, 0.1) is 40.3 Å². The molecule has 7 nitrogen and oxygen atoms in total. The highest BCUT2D eigenvalue weighted by atomic mass is 16.6. The Labute approximate surface area is 169 Å². The van der Waals surface area contributed by atoms with E-state index in [0.29, 0.717) is 35.8 Å². The summed E-state index contributed by atoms with van der Waals surface area (Å²) in [6.45, 7) is 0. The van der Waals surface area contributed by atoms with Crippen LogP contribution >= 0.6 is 0 Å². The highest BCUT2D eigenvalue weighted by Gasteiger charge is 2.44. The molecule has 0 amide bonds. The SMILES string of the molecule is COc1ccc(C[C@H]2C(=O)OC(=O)[C@@H]2Cc2ccc(OC)c(OC)c2)cc1OC. The number of hydrogen-bond acceptors (Lipinski definition) is 7. The highest BCUT2D eigenvalue weighted by molar-refractivity contribution is 5.96. The molecule has 1 aliphatic heterocycles. The van der Waals surface area contributed by atoms with Gasteiger partial charge in [0.25, 0.3) is 0 Å². The van der Waals surface area contributed by atoms with E-state index in [9.17, 15) is 9.59 Å². The molecule has 0 saturated carbocycles. The molecule has 1 fully saturated rings. The Kier molecular flexibility index (Phi) is 6.26. The van der Waals surface area contributed by atoms with Crippen LogP contribution in [0.4, 0.5) is 0 Å². The van der Waals surface area contributed by atoms with Gasteiger partial charge >= 0.3 is 11.9 Å². The van der Waals surface area contributed by atoms with Crippen molar-refractivity contribution in [2.24, 2.45) is 11.8 Å². The van der Waals surface area contributed by atoms with Crippen molar-refractivity contribution in [1.29, 1.82) is 0 Å². The van der Waals surface area contributed by atoms with Gasteiger partial charge in [0, 0.05) is 0 Å². The Morgan fingerprint density at radius 3 is 1.38 bits per heavy atom. The summed E-state index contributed by atoms with van der Waals surface area (Å²) < 4.78 is 26.1. The molecule has 0 aromatic heterocycles. The Morgan fingerprint density at radius 2 is 1.03 bits per heavy atom. The van der Waals surface area contributed by atoms with Crippen LogP contribution in [-0.4, -0.2) is 40.4 Å². The van der Waals surface area contributed by atoms with Crippen LogP contribution in [-0.2, 0) is 27.2 Å². The number of cyclic esters (lactones) is 2. The van der Waals surface area contributed by atoms with Gasteiger partial charge in [-0.1, -0.05) is 12.1 Å². The normalized spacial score (nSPS) is 18.3. The van der Waals surface area contributed by atoms with E-state index in [1.165, 1.54) is 0 Å². The van der Waals surface area contributed by atoms with E-state index < -0.39 is 23.8 Å². The Morgan fingerprint density at radius 1 is 0.655 bits per heavy atom. The summed E-state index contributed by atoms with van der Waals surface area (Å²) in [7, 11) is 6.22. The molecular formula is C22H24O7. The molecular weight excluding hydrogens is 376 g/mol. The lowest BCUT2D eigenvalue weighted by Crippen LogP contribution is -2.22. The van der Waals surface area contributed by atoms with Gasteiger partial charge in [-0.05, 0) is 48.2 Å². The molecule has 2 aromatic carbocycles. The van der Waals surface area contributed by atoms with Gasteiger partial charge in [0.1, 0.15) is 0 Å². The van der Waals surface area contributed by atoms with E-state index in [2.05, 4.69) is 0 Å². The zero-order valence-electron chi connectivity index (χ0n) is 16.9. The minimum Gasteiger partial charge on any atom is -0.493 e. The van der Waals surface area contributed by atoms with Crippen LogP contribution < -0.4 is 18.9 Å². The first-order chi connectivity index (χ1) is 14.0. The smallest absolute Gasteiger partial charge is 0.317 e. The van der Waals surface area contributed by atoms with Crippen LogP contribution in [0.15, 0.2) is 36.4 Å². The third kappa shape index (κ3) is 4.29. The second kappa shape index (κ2) is 8.86. The van der Waals surface area contributed by atoms with Crippen molar-refractivity contribution in [2.75, 3.05) is 28.4 Å². The van der Waals surface area contributed by atoms with Gasteiger partial charge in [0.2, 0.25) is 0 Å². The molecule has 1 heterocycles. The van der Waals surface area contributed by atoms with Crippen molar-refractivity contribution in [3.8, 4) is 23.0 Å². The van der Waals surface area contributed by atoms with E-state index in [-0.39, 0.29) is 0 Å². The minimum absolute atomic E-state index is 0.364. The summed E-state index contributed by atoms with van der Waals surface area (Å²) in [6, 6.07) is 10.9. The lowest BCUT2D eigenvalue weighted by Gasteiger charge is -2.16. The van der Waals surface area contributed by atoms with Gasteiger partial charge in [-0.3, -0.25) is 9.59 Å². The average molecular weight is 400 g/mol. The van der Waals surface area contributed by atoms with Crippen molar-refractivity contribution in [3.05, 3.63) is 47.5 Å². The fourth-order valence-electron chi connectivity index (χ4n) is 3.55. The molecule has 0 aliphatic carbocycles. The van der Waals surface area contributed by atoms with Gasteiger partial charge in [-0.2, -0.15) is 0 Å². The number of benzene rings is 2. The summed E-state index contributed by atoms with van der Waals surface area (Å²) in [5.41, 5.74) is 1.72. The number of hydrogen-bond donors (Lipinski definition) is 0. The predicted octanol–water partition coefficient (Wildman–Crippen LogP) is 2.82. The molecule has 1 aliphatic rings. The maximum Gasteiger partial charge on any atom is 0.317 e. The van der Waals surface area contributed by atoms with E-state index >= 15 is 0 Å². The van der Waals surface area contributed by atoms with Gasteiger partial charge in [0.15, 0.2) is 23.0 Å². The molecule has 2 atom stereocenters. The molecule has 0 N–H and O–H groups in total. The van der Waals surface area contributed by atoms with E-state index in [1.54, 1.807) is 40.6 Å². The summed E-state index contributed by atoms with van der Waals surface area (Å²) in [4.78, 5) is 24.7. The highest BCUT2D eigenvalue weighted by Crippen LogP contribution is 2.35. The van der Waals surface area contributed by atoms with Crippen molar-refractivity contribution >= 4 is 11.9 Å². The second-order valence-electron chi connectivity index (χ2n) is 6.74. The number of ether oxygens (including phenoxy) is 5. The molecule has 0 radical (unpaired) electrons. The zero-order chi connectivity index (χ0) is 21.0. The van der Waals surface area contributed by atoms with Gasteiger partial charge in [-0.15, -0.1) is 0 Å². The lowest BCUT2D eigenvalue weighted by atomic mass is 9.84. The molecule has 0 unspecified atom stereocenters. The Balaban J connectivity index is 1.83. The average Bonchev–Trinajstić information content (AvgIpc) is 3.00. The number of esters is 2. The molecule has 7 heteroatoms. The number of carbonyl (C=O) groups is 2. The van der Waals surface area contributed by atoms with Crippen LogP contribution in [0.1, 0.15) is 11.1 Å². The first-order valence-electron chi connectivity index (χ1n) is 9.18. The fraction of sp³-hybridized carbons (Fsp3) is 0.364. The standard InChI is InChI=1S/C22H24O7/c1-25-17-7-5-13(11-19(17)27-3)9-15-16(22(24)29-21(15)23)10-14-6-8-18(26-2)20(12-14)28-4/h5-8,11-12,15-16H,9-10H2,1-4H3/t15-,16-/m1/s1. The second-order valence-corrected chi connectivity index (χ2v) is 6.74. The molecule has 2 aromatic rings. The maximum atomic E-state index is 12.3. The van der Waals surface area contributed by atoms with Crippen LogP contribution in [0.3, 0.4) is 0 Å². The van der Waals surface area contributed by atoms with E-state index in [4.69, 9.17) is 23.7 Å². The topological polar surface area (TPSA) is 80.3 Å². The first-order valence-corrected chi connectivity index (χ1v) is 9.18. The van der Waals surface area contributed by atoms with Gasteiger partial charge in [-0.25, -0.2) is 0 Å². The molecule has 0 spiro atoms. The van der Waals surface area contributed by atoms with Crippen molar-refractivity contribution in [3.63, 3.8) is 0 Å². The first kappa shape index (κ1) is 20.5. The van der Waals surface area contributed by atoms with E-state index in [1.807, 2.05) is 24.3 Å². The third-order valence-electron chi connectivity index (χ3n) is 5.10. The summed E-state index contributed by atoms with van der Waals surface area (Å²) in [6.07, 6.45) is 0.728. The number of methoxy groups -OCH3 is 4. The molecule has 29 heavy (non-hydrogen) atoms. The molecule has 154 valence electrons. The number of rotatable bonds is 8. The van der Waals surface area contributed by atoms with Crippen LogP contribution in [0.5, 0.6) is 23.0 Å². The fourth-order valence-corrected chi connectivity index (χ4v) is 3.55. The zero-order valence-corrected chi connectivity index (χ0v) is 16.9. The summed E-state index contributed by atoms with van der Waals surface area (Å²) in [5.74, 6) is 0.178.